The molecule has 1 fully saturated rings. The number of piperidine rings is 1. The molecular weight excluding hydrogens is 341 g/mol. The number of benzene rings is 1. The number of hydrogen-bond acceptors (Lipinski definition) is 3. The molecule has 1 saturated heterocycles. The third kappa shape index (κ3) is 3.36. The van der Waals surface area contributed by atoms with Crippen molar-refractivity contribution in [3.8, 4) is 0 Å². The highest BCUT2D eigenvalue weighted by molar-refractivity contribution is 5.75. The normalized spacial score (nSPS) is 19.1. The maximum absolute atomic E-state index is 13.8. The van der Waals surface area contributed by atoms with Crippen molar-refractivity contribution in [2.75, 3.05) is 26.2 Å². The van der Waals surface area contributed by atoms with Crippen molar-refractivity contribution in [2.24, 2.45) is 0 Å². The molecule has 0 unspecified atom stereocenters. The van der Waals surface area contributed by atoms with E-state index in [1.54, 1.807) is 19.2 Å². The lowest BCUT2D eigenvalue weighted by Gasteiger charge is -2.52. The Morgan fingerprint density at radius 3 is 2.70 bits per heavy atom. The molecule has 2 aromatic rings. The minimum Gasteiger partial charge on any atom is -0.333 e. The van der Waals surface area contributed by atoms with Gasteiger partial charge in [0.05, 0.1) is 11.7 Å². The Morgan fingerprint density at radius 2 is 1.96 bits per heavy atom. The highest BCUT2D eigenvalue weighted by Gasteiger charge is 2.45. The molecule has 142 valence electrons. The van der Waals surface area contributed by atoms with E-state index in [1.807, 2.05) is 0 Å². The highest BCUT2D eigenvalue weighted by atomic mass is 19.1. The second-order valence-electron chi connectivity index (χ2n) is 7.67. The van der Waals surface area contributed by atoms with Crippen molar-refractivity contribution >= 4 is 5.91 Å². The second-order valence-corrected chi connectivity index (χ2v) is 7.67. The van der Waals surface area contributed by atoms with E-state index in [2.05, 4.69) is 39.0 Å². The summed E-state index contributed by atoms with van der Waals surface area (Å²) in [7, 11) is 0. The summed E-state index contributed by atoms with van der Waals surface area (Å²) in [5.41, 5.74) is 3.24. The molecular formula is C22H26FN3O. The largest absolute Gasteiger partial charge is 0.333 e. The van der Waals surface area contributed by atoms with Gasteiger partial charge in [0.2, 0.25) is 5.91 Å². The Morgan fingerprint density at radius 1 is 1.19 bits per heavy atom. The number of halogens is 1. The maximum Gasteiger partial charge on any atom is 0.220 e. The van der Waals surface area contributed by atoms with E-state index >= 15 is 0 Å². The Bertz CT molecular complexity index is 830. The van der Waals surface area contributed by atoms with E-state index < -0.39 is 0 Å². The van der Waals surface area contributed by atoms with Gasteiger partial charge in [-0.3, -0.25) is 9.78 Å². The molecule has 3 heterocycles. The minimum atomic E-state index is -0.227. The van der Waals surface area contributed by atoms with Gasteiger partial charge in [-0.15, -0.1) is 0 Å². The molecule has 2 aliphatic heterocycles. The standard InChI is InChI=1S/C22H26FN3O/c1-17(27)26-13-8-18-4-2-3-5-20(18)22(26)9-14-25(15-10-22)12-7-19-6-11-24-16-21(19)23/h2-6,11,16H,7-10,12-15H2,1H3. The molecule has 0 bridgehead atoms. The summed E-state index contributed by atoms with van der Waals surface area (Å²) < 4.78 is 13.8. The Hall–Kier alpha value is -2.27. The zero-order valence-electron chi connectivity index (χ0n) is 15.8. The summed E-state index contributed by atoms with van der Waals surface area (Å²) in [5.74, 6) is -0.0632. The molecule has 5 heteroatoms. The number of rotatable bonds is 3. The van der Waals surface area contributed by atoms with E-state index in [-0.39, 0.29) is 17.3 Å². The van der Waals surface area contributed by atoms with Crippen LogP contribution in [0.1, 0.15) is 36.5 Å². The zero-order chi connectivity index (χ0) is 18.9. The Balaban J connectivity index is 1.49. The molecule has 0 atom stereocenters. The highest BCUT2D eigenvalue weighted by Crippen LogP contribution is 2.43. The van der Waals surface area contributed by atoms with Crippen molar-refractivity contribution in [1.82, 2.24) is 14.8 Å². The van der Waals surface area contributed by atoms with E-state index in [0.717, 1.165) is 51.0 Å². The van der Waals surface area contributed by atoms with E-state index in [9.17, 15) is 9.18 Å². The van der Waals surface area contributed by atoms with Crippen LogP contribution in [0.5, 0.6) is 0 Å². The topological polar surface area (TPSA) is 36.4 Å². The van der Waals surface area contributed by atoms with Gasteiger partial charge in [-0.2, -0.15) is 0 Å². The molecule has 4 nitrogen and oxygen atoms in total. The molecule has 0 radical (unpaired) electrons. The number of fused-ring (bicyclic) bond motifs is 2. The summed E-state index contributed by atoms with van der Waals surface area (Å²) in [6.45, 7) is 5.16. The van der Waals surface area contributed by atoms with Crippen LogP contribution in [0.4, 0.5) is 4.39 Å². The van der Waals surface area contributed by atoms with Gasteiger partial charge in [0, 0.05) is 39.3 Å². The average molecular weight is 367 g/mol. The van der Waals surface area contributed by atoms with Gasteiger partial charge in [-0.05, 0) is 48.4 Å². The van der Waals surface area contributed by atoms with Crippen molar-refractivity contribution in [3.05, 3.63) is 65.2 Å². The van der Waals surface area contributed by atoms with Crippen LogP contribution < -0.4 is 0 Å². The summed E-state index contributed by atoms with van der Waals surface area (Å²) in [6.07, 6.45) is 6.42. The summed E-state index contributed by atoms with van der Waals surface area (Å²) >= 11 is 0. The molecule has 1 spiro atoms. The van der Waals surface area contributed by atoms with Crippen LogP contribution in [0.3, 0.4) is 0 Å². The first-order valence-corrected chi connectivity index (χ1v) is 9.77. The molecule has 27 heavy (non-hydrogen) atoms. The number of aromatic nitrogens is 1. The third-order valence-corrected chi connectivity index (χ3v) is 6.26. The van der Waals surface area contributed by atoms with Gasteiger partial charge in [0.25, 0.3) is 0 Å². The van der Waals surface area contributed by atoms with Gasteiger partial charge in [-0.25, -0.2) is 4.39 Å². The number of amides is 1. The Labute approximate surface area is 160 Å². The van der Waals surface area contributed by atoms with Crippen LogP contribution in [0.2, 0.25) is 0 Å². The molecule has 0 saturated carbocycles. The van der Waals surface area contributed by atoms with Crippen LogP contribution >= 0.6 is 0 Å². The summed E-state index contributed by atoms with van der Waals surface area (Å²) in [6, 6.07) is 10.3. The minimum absolute atomic E-state index is 0.164. The smallest absolute Gasteiger partial charge is 0.220 e. The molecule has 0 aliphatic carbocycles. The monoisotopic (exact) mass is 367 g/mol. The van der Waals surface area contributed by atoms with Crippen LogP contribution in [0, 0.1) is 5.82 Å². The van der Waals surface area contributed by atoms with Crippen molar-refractivity contribution in [1.29, 1.82) is 0 Å². The number of carbonyl (C=O) groups is 1. The Kier molecular flexibility index (Phi) is 4.96. The van der Waals surface area contributed by atoms with E-state index in [0.29, 0.717) is 6.42 Å². The first-order chi connectivity index (χ1) is 13.1. The number of carbonyl (C=O) groups excluding carboxylic acids is 1. The molecule has 1 amide bonds. The zero-order valence-corrected chi connectivity index (χ0v) is 15.8. The molecule has 1 aromatic carbocycles. The van der Waals surface area contributed by atoms with Crippen LogP contribution in [0.15, 0.2) is 42.7 Å². The maximum atomic E-state index is 13.8. The summed E-state index contributed by atoms with van der Waals surface area (Å²) in [4.78, 5) is 20.7. The predicted molar refractivity (Wildman–Crippen MR) is 103 cm³/mol. The van der Waals surface area contributed by atoms with Gasteiger partial charge in [-0.1, -0.05) is 24.3 Å². The van der Waals surface area contributed by atoms with Crippen LogP contribution in [-0.4, -0.2) is 46.9 Å². The molecule has 1 aromatic heterocycles. The first-order valence-electron chi connectivity index (χ1n) is 9.77. The second kappa shape index (κ2) is 7.39. The molecule has 2 aliphatic rings. The lowest BCUT2D eigenvalue weighted by atomic mass is 9.74. The van der Waals surface area contributed by atoms with Gasteiger partial charge < -0.3 is 9.80 Å². The van der Waals surface area contributed by atoms with Gasteiger partial charge in [0.1, 0.15) is 5.82 Å². The summed E-state index contributed by atoms with van der Waals surface area (Å²) in [5, 5.41) is 0. The molecule has 0 N–H and O–H groups in total. The fourth-order valence-electron chi connectivity index (χ4n) is 4.81. The van der Waals surface area contributed by atoms with E-state index in [1.165, 1.54) is 17.3 Å². The van der Waals surface area contributed by atoms with Crippen molar-refractivity contribution in [2.45, 2.75) is 38.1 Å². The fourth-order valence-corrected chi connectivity index (χ4v) is 4.81. The van der Waals surface area contributed by atoms with Crippen LogP contribution in [-0.2, 0) is 23.2 Å². The average Bonchev–Trinajstić information content (AvgIpc) is 2.69. The lowest BCUT2D eigenvalue weighted by Crippen LogP contribution is -2.57. The van der Waals surface area contributed by atoms with Crippen LogP contribution in [0.25, 0.3) is 0 Å². The van der Waals surface area contributed by atoms with Crippen molar-refractivity contribution in [3.63, 3.8) is 0 Å². The quantitative estimate of drug-likeness (QED) is 0.836. The van der Waals surface area contributed by atoms with Gasteiger partial charge >= 0.3 is 0 Å². The number of likely N-dealkylation sites (tertiary alicyclic amines) is 1. The third-order valence-electron chi connectivity index (χ3n) is 6.26. The molecule has 4 rings (SSSR count). The number of hydrogen-bond donors (Lipinski definition) is 0. The van der Waals surface area contributed by atoms with Gasteiger partial charge in [0.15, 0.2) is 0 Å². The predicted octanol–water partition coefficient (Wildman–Crippen LogP) is 3.16. The van der Waals surface area contributed by atoms with E-state index in [4.69, 9.17) is 0 Å². The lowest BCUT2D eigenvalue weighted by molar-refractivity contribution is -0.139. The van der Waals surface area contributed by atoms with Crippen molar-refractivity contribution < 1.29 is 9.18 Å². The SMILES string of the molecule is CC(=O)N1CCc2ccccc2C12CCN(CCc1ccncc1F)CC2. The number of nitrogens with zero attached hydrogens (tertiary/aromatic N) is 3. The fraction of sp³-hybridized carbons (Fsp3) is 0.455. The first kappa shape index (κ1) is 18.1. The number of pyridine rings is 1.